The highest BCUT2D eigenvalue weighted by atomic mass is 79.9. The molecule has 1 heterocycles. The number of benzene rings is 2. The first-order valence-electron chi connectivity index (χ1n) is 7.93. The van der Waals surface area contributed by atoms with Crippen LogP contribution in [0.15, 0.2) is 59.2 Å². The Morgan fingerprint density at radius 3 is 2.54 bits per heavy atom. The van der Waals surface area contributed by atoms with Crippen molar-refractivity contribution < 1.29 is 18.0 Å². The summed E-state index contributed by atoms with van der Waals surface area (Å²) in [6.45, 7) is 0.451. The van der Waals surface area contributed by atoms with Gasteiger partial charge in [-0.05, 0) is 51.8 Å². The summed E-state index contributed by atoms with van der Waals surface area (Å²) in [5.41, 5.74) is 0.127. The lowest BCUT2D eigenvalue weighted by Gasteiger charge is -2.10. The van der Waals surface area contributed by atoms with Gasteiger partial charge in [-0.2, -0.15) is 18.3 Å². The molecule has 10 heteroatoms. The van der Waals surface area contributed by atoms with E-state index >= 15 is 0 Å². The summed E-state index contributed by atoms with van der Waals surface area (Å²) in [4.78, 5) is 12.1. The lowest BCUT2D eigenvalue weighted by molar-refractivity contribution is -0.137. The van der Waals surface area contributed by atoms with E-state index in [1.54, 1.807) is 23.0 Å². The number of rotatable bonds is 4. The number of halogens is 5. The molecule has 0 radical (unpaired) electrons. The molecular weight excluding hydrogens is 461 g/mol. The molecule has 0 bridgehead atoms. The maximum Gasteiger partial charge on any atom is 0.416 e. The number of nitrogens with one attached hydrogen (secondary N) is 2. The fraction of sp³-hybridized carbons (Fsp3) is 0.111. The predicted molar refractivity (Wildman–Crippen MR) is 105 cm³/mol. The average Bonchev–Trinajstić information content (AvgIpc) is 2.95. The van der Waals surface area contributed by atoms with Crippen LogP contribution in [0, 0.1) is 0 Å². The summed E-state index contributed by atoms with van der Waals surface area (Å²) >= 11 is 9.15. The second-order valence-corrected chi connectivity index (χ2v) is 7.10. The van der Waals surface area contributed by atoms with Gasteiger partial charge in [-0.15, -0.1) is 0 Å². The molecule has 0 spiro atoms. The molecule has 146 valence electrons. The van der Waals surface area contributed by atoms with E-state index in [-0.39, 0.29) is 11.5 Å². The minimum atomic E-state index is -4.49. The molecule has 0 fully saturated rings. The highest BCUT2D eigenvalue weighted by Gasteiger charge is 2.30. The number of nitrogens with zero attached hydrogens (tertiary/aromatic N) is 2. The van der Waals surface area contributed by atoms with Crippen LogP contribution in [0.5, 0.6) is 0 Å². The normalized spacial score (nSPS) is 11.3. The quantitative estimate of drug-likeness (QED) is 0.487. The number of aromatic nitrogens is 2. The summed E-state index contributed by atoms with van der Waals surface area (Å²) < 4.78 is 40.4. The highest BCUT2D eigenvalue weighted by Crippen LogP contribution is 2.30. The molecule has 0 aliphatic heterocycles. The van der Waals surface area contributed by atoms with Crippen molar-refractivity contribution in [2.45, 2.75) is 12.7 Å². The second kappa shape index (κ2) is 8.24. The molecule has 3 rings (SSSR count). The lowest BCUT2D eigenvalue weighted by atomic mass is 10.2. The van der Waals surface area contributed by atoms with Crippen LogP contribution >= 0.6 is 27.5 Å². The van der Waals surface area contributed by atoms with E-state index in [0.29, 0.717) is 16.0 Å². The fourth-order valence-electron chi connectivity index (χ4n) is 2.38. The molecule has 2 amide bonds. The molecule has 0 unspecified atom stereocenters. The Kier molecular flexibility index (Phi) is 5.95. The maximum atomic E-state index is 12.8. The topological polar surface area (TPSA) is 59.0 Å². The zero-order valence-corrected chi connectivity index (χ0v) is 16.4. The maximum absolute atomic E-state index is 12.8. The highest BCUT2D eigenvalue weighted by molar-refractivity contribution is 9.10. The molecule has 0 saturated carbocycles. The number of hydrogen-bond acceptors (Lipinski definition) is 2. The van der Waals surface area contributed by atoms with Gasteiger partial charge in [0.05, 0.1) is 16.6 Å². The van der Waals surface area contributed by atoms with Gasteiger partial charge in [0.25, 0.3) is 0 Å². The van der Waals surface area contributed by atoms with E-state index in [1.165, 1.54) is 12.1 Å². The SMILES string of the molecule is O=C(Nc1cccc(C(F)(F)F)c1)Nc1nn(Cc2ccc(Cl)cc2)cc1Br. The molecule has 2 N–H and O–H groups in total. The zero-order chi connectivity index (χ0) is 20.3. The molecule has 3 aromatic rings. The summed E-state index contributed by atoms with van der Waals surface area (Å²) in [6.07, 6.45) is -2.81. The molecule has 28 heavy (non-hydrogen) atoms. The Balaban J connectivity index is 1.66. The minimum absolute atomic E-state index is 0.0176. The first-order chi connectivity index (χ1) is 13.2. The largest absolute Gasteiger partial charge is 0.416 e. The summed E-state index contributed by atoms with van der Waals surface area (Å²) in [6, 6.07) is 10.9. The summed E-state index contributed by atoms with van der Waals surface area (Å²) in [5, 5.41) is 9.74. The van der Waals surface area contributed by atoms with Gasteiger partial charge in [0, 0.05) is 16.9 Å². The van der Waals surface area contributed by atoms with Crippen LogP contribution in [-0.4, -0.2) is 15.8 Å². The van der Waals surface area contributed by atoms with Crippen LogP contribution in [0.4, 0.5) is 29.5 Å². The Labute approximate surface area is 171 Å². The molecular formula is C18H13BrClF3N4O. The number of amides is 2. The summed E-state index contributed by atoms with van der Waals surface area (Å²) in [7, 11) is 0. The molecule has 2 aromatic carbocycles. The van der Waals surface area contributed by atoms with Gasteiger partial charge in [-0.25, -0.2) is 4.79 Å². The van der Waals surface area contributed by atoms with Crippen LogP contribution in [0.3, 0.4) is 0 Å². The van der Waals surface area contributed by atoms with Crippen LogP contribution in [-0.2, 0) is 12.7 Å². The lowest BCUT2D eigenvalue weighted by Crippen LogP contribution is -2.20. The molecule has 0 aliphatic carbocycles. The predicted octanol–water partition coefficient (Wildman–Crippen LogP) is 6.01. The van der Waals surface area contributed by atoms with Crippen molar-refractivity contribution in [3.63, 3.8) is 0 Å². The Morgan fingerprint density at radius 1 is 1.14 bits per heavy atom. The number of carbonyl (C=O) groups excluding carboxylic acids is 1. The molecule has 1 aromatic heterocycles. The monoisotopic (exact) mass is 472 g/mol. The van der Waals surface area contributed by atoms with Crippen molar-refractivity contribution in [3.8, 4) is 0 Å². The number of carbonyl (C=O) groups is 1. The van der Waals surface area contributed by atoms with Crippen molar-refractivity contribution in [2.24, 2.45) is 0 Å². The van der Waals surface area contributed by atoms with E-state index in [4.69, 9.17) is 11.6 Å². The number of urea groups is 1. The summed E-state index contributed by atoms with van der Waals surface area (Å²) in [5.74, 6) is 0.235. The van der Waals surface area contributed by atoms with Gasteiger partial charge in [0.2, 0.25) is 0 Å². The molecule has 0 aliphatic rings. The first kappa shape index (κ1) is 20.2. The van der Waals surface area contributed by atoms with Crippen molar-refractivity contribution in [3.05, 3.63) is 75.4 Å². The number of anilines is 2. The van der Waals surface area contributed by atoms with Gasteiger partial charge < -0.3 is 5.32 Å². The van der Waals surface area contributed by atoms with Gasteiger partial charge in [-0.1, -0.05) is 29.8 Å². The Hall–Kier alpha value is -2.52. The van der Waals surface area contributed by atoms with Crippen molar-refractivity contribution in [1.29, 1.82) is 0 Å². The van der Waals surface area contributed by atoms with Gasteiger partial charge in [0.15, 0.2) is 5.82 Å². The van der Waals surface area contributed by atoms with Crippen LogP contribution in [0.2, 0.25) is 5.02 Å². The third kappa shape index (κ3) is 5.26. The van der Waals surface area contributed by atoms with E-state index in [9.17, 15) is 18.0 Å². The number of hydrogen-bond donors (Lipinski definition) is 2. The third-order valence-corrected chi connectivity index (χ3v) is 4.49. The van der Waals surface area contributed by atoms with Crippen LogP contribution in [0.1, 0.15) is 11.1 Å². The fourth-order valence-corrected chi connectivity index (χ4v) is 2.92. The van der Waals surface area contributed by atoms with Crippen molar-refractivity contribution in [2.75, 3.05) is 10.6 Å². The Morgan fingerprint density at radius 2 is 1.86 bits per heavy atom. The third-order valence-electron chi connectivity index (χ3n) is 3.65. The van der Waals surface area contributed by atoms with Gasteiger partial charge >= 0.3 is 12.2 Å². The Bertz CT molecular complexity index is 989. The molecule has 0 atom stereocenters. The second-order valence-electron chi connectivity index (χ2n) is 5.81. The molecule has 0 saturated heterocycles. The molecule has 5 nitrogen and oxygen atoms in total. The zero-order valence-electron chi connectivity index (χ0n) is 14.1. The van der Waals surface area contributed by atoms with E-state index in [2.05, 4.69) is 31.7 Å². The van der Waals surface area contributed by atoms with Gasteiger partial charge in [-0.3, -0.25) is 10.00 Å². The van der Waals surface area contributed by atoms with E-state index < -0.39 is 17.8 Å². The smallest absolute Gasteiger partial charge is 0.308 e. The first-order valence-corrected chi connectivity index (χ1v) is 9.10. The van der Waals surface area contributed by atoms with Crippen molar-refractivity contribution >= 4 is 45.1 Å². The van der Waals surface area contributed by atoms with Crippen LogP contribution in [0.25, 0.3) is 0 Å². The van der Waals surface area contributed by atoms with Gasteiger partial charge in [0.1, 0.15) is 0 Å². The van der Waals surface area contributed by atoms with Crippen molar-refractivity contribution in [1.82, 2.24) is 9.78 Å². The standard InChI is InChI=1S/C18H13BrClF3N4O/c19-15-10-27(9-11-4-6-13(20)7-5-11)26-16(15)25-17(28)24-14-3-1-2-12(8-14)18(21,22)23/h1-8,10H,9H2,(H2,24,25,26,28). The van der Waals surface area contributed by atoms with E-state index in [0.717, 1.165) is 17.7 Å². The minimum Gasteiger partial charge on any atom is -0.308 e. The number of alkyl halides is 3. The van der Waals surface area contributed by atoms with E-state index in [1.807, 2.05) is 12.1 Å². The van der Waals surface area contributed by atoms with Crippen LogP contribution < -0.4 is 10.6 Å². The average molecular weight is 474 g/mol.